The van der Waals surface area contributed by atoms with E-state index in [-0.39, 0.29) is 43.6 Å². The number of ether oxygens (including phenoxy) is 1. The minimum atomic E-state index is -3.96. The van der Waals surface area contributed by atoms with Crippen LogP contribution in [0.15, 0.2) is 51.8 Å². The second kappa shape index (κ2) is 8.54. The highest BCUT2D eigenvalue weighted by molar-refractivity contribution is 9.10. The molecule has 0 unspecified atom stereocenters. The summed E-state index contributed by atoms with van der Waals surface area (Å²) in [6.07, 6.45) is 0. The molecule has 0 saturated carbocycles. The van der Waals surface area contributed by atoms with Gasteiger partial charge in [0, 0.05) is 30.7 Å². The van der Waals surface area contributed by atoms with Crippen LogP contribution in [0.3, 0.4) is 0 Å². The molecule has 0 atom stereocenters. The van der Waals surface area contributed by atoms with Crippen molar-refractivity contribution in [3.05, 3.63) is 58.6 Å². The van der Waals surface area contributed by atoms with Crippen molar-refractivity contribution in [3.8, 4) is 5.75 Å². The molecule has 1 amide bonds. The monoisotopic (exact) mass is 474 g/mol. The number of sulfonamides is 1. The fourth-order valence-corrected chi connectivity index (χ4v) is 4.43. The summed E-state index contributed by atoms with van der Waals surface area (Å²) < 4.78 is 59.0. The van der Waals surface area contributed by atoms with Gasteiger partial charge in [-0.1, -0.05) is 15.9 Å². The van der Waals surface area contributed by atoms with E-state index in [2.05, 4.69) is 15.9 Å². The van der Waals surface area contributed by atoms with E-state index in [1.54, 1.807) is 24.3 Å². The first kappa shape index (κ1) is 20.7. The number of amides is 1. The first-order valence-electron chi connectivity index (χ1n) is 8.39. The first-order valence-corrected chi connectivity index (χ1v) is 10.6. The molecule has 1 saturated heterocycles. The number of rotatable bonds is 5. The Labute approximate surface area is 169 Å². The number of halogens is 3. The van der Waals surface area contributed by atoms with Crippen molar-refractivity contribution in [3.63, 3.8) is 0 Å². The van der Waals surface area contributed by atoms with Gasteiger partial charge in [-0.2, -0.15) is 4.31 Å². The molecule has 2 aromatic carbocycles. The fraction of sp³-hybridized carbons (Fsp3) is 0.278. The van der Waals surface area contributed by atoms with Gasteiger partial charge in [-0.15, -0.1) is 0 Å². The van der Waals surface area contributed by atoms with Gasteiger partial charge in [0.2, 0.25) is 10.0 Å². The largest absolute Gasteiger partial charge is 0.484 e. The van der Waals surface area contributed by atoms with Crippen LogP contribution in [0, 0.1) is 11.6 Å². The summed E-state index contributed by atoms with van der Waals surface area (Å²) in [4.78, 5) is 13.5. The Morgan fingerprint density at radius 2 is 1.64 bits per heavy atom. The second-order valence-electron chi connectivity index (χ2n) is 6.10. The van der Waals surface area contributed by atoms with Gasteiger partial charge in [0.05, 0.1) is 4.90 Å². The number of nitrogens with zero attached hydrogens (tertiary/aromatic N) is 2. The maximum absolute atomic E-state index is 13.4. The van der Waals surface area contributed by atoms with Crippen LogP contribution in [0.5, 0.6) is 5.75 Å². The molecule has 2 aromatic rings. The predicted molar refractivity (Wildman–Crippen MR) is 101 cm³/mol. The van der Waals surface area contributed by atoms with E-state index in [4.69, 9.17) is 4.74 Å². The van der Waals surface area contributed by atoms with E-state index in [1.807, 2.05) is 0 Å². The van der Waals surface area contributed by atoms with Gasteiger partial charge in [0.15, 0.2) is 18.2 Å². The highest BCUT2D eigenvalue weighted by atomic mass is 79.9. The van der Waals surface area contributed by atoms with Crippen LogP contribution in [0.25, 0.3) is 0 Å². The average molecular weight is 475 g/mol. The molecule has 10 heteroatoms. The van der Waals surface area contributed by atoms with Crippen LogP contribution in [-0.4, -0.2) is 56.3 Å². The number of benzene rings is 2. The molecule has 1 fully saturated rings. The third kappa shape index (κ3) is 4.68. The molecule has 0 spiro atoms. The average Bonchev–Trinajstić information content (AvgIpc) is 2.69. The molecule has 0 aliphatic carbocycles. The van der Waals surface area contributed by atoms with E-state index >= 15 is 0 Å². The summed E-state index contributed by atoms with van der Waals surface area (Å²) in [6, 6.07) is 9.50. The smallest absolute Gasteiger partial charge is 0.260 e. The number of carbonyl (C=O) groups excluding carboxylic acids is 1. The van der Waals surface area contributed by atoms with Crippen LogP contribution in [-0.2, 0) is 14.8 Å². The molecule has 0 radical (unpaired) electrons. The Balaban J connectivity index is 1.56. The molecule has 1 aliphatic heterocycles. The lowest BCUT2D eigenvalue weighted by molar-refractivity contribution is -0.134. The SMILES string of the molecule is O=C(COc1ccc(Br)cc1)N1CCN(S(=O)(=O)c2ccc(F)c(F)c2)CC1. The zero-order chi connectivity index (χ0) is 20.3. The van der Waals surface area contributed by atoms with E-state index in [9.17, 15) is 22.0 Å². The van der Waals surface area contributed by atoms with Crippen molar-refractivity contribution in [2.45, 2.75) is 4.90 Å². The number of hydrogen-bond acceptors (Lipinski definition) is 4. The number of hydrogen-bond donors (Lipinski definition) is 0. The number of piperazine rings is 1. The summed E-state index contributed by atoms with van der Waals surface area (Å²) in [5.74, 6) is -2.04. The lowest BCUT2D eigenvalue weighted by atomic mass is 10.3. The lowest BCUT2D eigenvalue weighted by Crippen LogP contribution is -2.51. The third-order valence-corrected chi connectivity index (χ3v) is 6.72. The summed E-state index contributed by atoms with van der Waals surface area (Å²) in [5, 5.41) is 0. The zero-order valence-corrected chi connectivity index (χ0v) is 17.0. The Morgan fingerprint density at radius 1 is 1.00 bits per heavy atom. The topological polar surface area (TPSA) is 66.9 Å². The van der Waals surface area contributed by atoms with Gasteiger partial charge in [-0.3, -0.25) is 4.79 Å². The van der Waals surface area contributed by atoms with Crippen LogP contribution in [0.1, 0.15) is 0 Å². The molecule has 3 rings (SSSR count). The summed E-state index contributed by atoms with van der Waals surface area (Å²) in [7, 11) is -3.96. The van der Waals surface area contributed by atoms with Crippen molar-refractivity contribution in [1.29, 1.82) is 0 Å². The van der Waals surface area contributed by atoms with Crippen LogP contribution < -0.4 is 4.74 Å². The normalized spacial score (nSPS) is 15.5. The van der Waals surface area contributed by atoms with Crippen molar-refractivity contribution in [2.24, 2.45) is 0 Å². The van der Waals surface area contributed by atoms with Crippen LogP contribution in [0.2, 0.25) is 0 Å². The number of carbonyl (C=O) groups is 1. The summed E-state index contributed by atoms with van der Waals surface area (Å²) in [5.41, 5.74) is 0. The molecular weight excluding hydrogens is 458 g/mol. The van der Waals surface area contributed by atoms with E-state index < -0.39 is 21.7 Å². The van der Waals surface area contributed by atoms with Crippen molar-refractivity contribution >= 4 is 31.9 Å². The molecule has 1 heterocycles. The van der Waals surface area contributed by atoms with Crippen molar-refractivity contribution < 1.29 is 26.7 Å². The third-order valence-electron chi connectivity index (χ3n) is 4.30. The molecule has 1 aliphatic rings. The van der Waals surface area contributed by atoms with Gasteiger partial charge >= 0.3 is 0 Å². The van der Waals surface area contributed by atoms with E-state index in [1.165, 1.54) is 4.90 Å². The van der Waals surface area contributed by atoms with Crippen LogP contribution in [0.4, 0.5) is 8.78 Å². The zero-order valence-electron chi connectivity index (χ0n) is 14.6. The van der Waals surface area contributed by atoms with Crippen LogP contribution >= 0.6 is 15.9 Å². The van der Waals surface area contributed by atoms with Gasteiger partial charge in [-0.25, -0.2) is 17.2 Å². The molecule has 0 N–H and O–H groups in total. The Hall–Kier alpha value is -2.04. The summed E-state index contributed by atoms with van der Waals surface area (Å²) >= 11 is 3.31. The van der Waals surface area contributed by atoms with Gasteiger partial charge in [0.25, 0.3) is 5.91 Å². The highest BCUT2D eigenvalue weighted by Gasteiger charge is 2.30. The maximum Gasteiger partial charge on any atom is 0.260 e. The Kier molecular flexibility index (Phi) is 6.31. The minimum Gasteiger partial charge on any atom is -0.484 e. The summed E-state index contributed by atoms with van der Waals surface area (Å²) in [6.45, 7) is 0.338. The fourth-order valence-electron chi connectivity index (χ4n) is 2.73. The molecule has 28 heavy (non-hydrogen) atoms. The molecular formula is C18H17BrF2N2O4S. The van der Waals surface area contributed by atoms with Gasteiger partial charge in [0.1, 0.15) is 5.75 Å². The van der Waals surface area contributed by atoms with E-state index in [0.717, 1.165) is 20.9 Å². The van der Waals surface area contributed by atoms with E-state index in [0.29, 0.717) is 11.8 Å². The quantitative estimate of drug-likeness (QED) is 0.667. The van der Waals surface area contributed by atoms with Gasteiger partial charge < -0.3 is 9.64 Å². The molecule has 0 aromatic heterocycles. The Morgan fingerprint density at radius 3 is 2.25 bits per heavy atom. The predicted octanol–water partition coefficient (Wildman–Crippen LogP) is 2.64. The second-order valence-corrected chi connectivity index (χ2v) is 8.96. The first-order chi connectivity index (χ1) is 13.3. The standard InChI is InChI=1S/C18H17BrF2N2O4S/c19-13-1-3-14(4-2-13)27-12-18(24)22-7-9-23(10-8-22)28(25,26)15-5-6-16(20)17(21)11-15/h1-6,11H,7-10,12H2. The molecule has 0 bridgehead atoms. The minimum absolute atomic E-state index is 0.0609. The lowest BCUT2D eigenvalue weighted by Gasteiger charge is -2.34. The Bertz CT molecular complexity index is 962. The highest BCUT2D eigenvalue weighted by Crippen LogP contribution is 2.20. The van der Waals surface area contributed by atoms with Crippen molar-refractivity contribution in [1.82, 2.24) is 9.21 Å². The molecule has 150 valence electrons. The maximum atomic E-state index is 13.4. The molecule has 6 nitrogen and oxygen atoms in total. The van der Waals surface area contributed by atoms with Gasteiger partial charge in [-0.05, 0) is 42.5 Å². The van der Waals surface area contributed by atoms with Crippen molar-refractivity contribution in [2.75, 3.05) is 32.8 Å².